The topological polar surface area (TPSA) is 86.2 Å². The van der Waals surface area contributed by atoms with Crippen LogP contribution in [0.1, 0.15) is 67.4 Å². The fourth-order valence-electron chi connectivity index (χ4n) is 5.60. The number of piperazine rings is 2. The number of carbonyl (C=O) groups is 2. The lowest BCUT2D eigenvalue weighted by molar-refractivity contribution is 0.0595. The predicted octanol–water partition coefficient (Wildman–Crippen LogP) is 2.64. The lowest BCUT2D eigenvalue weighted by Crippen LogP contribution is -2.51. The number of fused-ring (bicyclic) bond motifs is 1. The molecular formula is C27H39N5O4S. The SMILES string of the molecule is CC(C)N1CCN(C(=O)c2ccc3c(c2)cc(C(=O)N2CCN(S(=O)(=O)C4CC4)CC2)n3C(C)C)CC1. The van der Waals surface area contributed by atoms with E-state index in [9.17, 15) is 18.0 Å². The van der Waals surface area contributed by atoms with Gasteiger partial charge in [-0.25, -0.2) is 8.42 Å². The minimum atomic E-state index is -3.22. The van der Waals surface area contributed by atoms with E-state index in [0.29, 0.717) is 56.6 Å². The van der Waals surface area contributed by atoms with Crippen molar-refractivity contribution in [2.45, 2.75) is 57.9 Å². The summed E-state index contributed by atoms with van der Waals surface area (Å²) >= 11 is 0. The Kier molecular flexibility index (Phi) is 7.10. The summed E-state index contributed by atoms with van der Waals surface area (Å²) < 4.78 is 28.8. The Balaban J connectivity index is 1.34. The van der Waals surface area contributed by atoms with Gasteiger partial charge in [0.05, 0.1) is 5.25 Å². The Morgan fingerprint density at radius 1 is 0.784 bits per heavy atom. The normalized spacial score (nSPS) is 20.4. The number of hydrogen-bond donors (Lipinski definition) is 0. The van der Waals surface area contributed by atoms with E-state index in [1.165, 1.54) is 0 Å². The zero-order valence-corrected chi connectivity index (χ0v) is 23.2. The van der Waals surface area contributed by atoms with Crippen LogP contribution >= 0.6 is 0 Å². The average molecular weight is 530 g/mol. The molecule has 0 spiro atoms. The Bertz CT molecular complexity index is 1280. The first kappa shape index (κ1) is 26.2. The highest BCUT2D eigenvalue weighted by Crippen LogP contribution is 2.32. The molecule has 2 aromatic rings. The first-order valence-electron chi connectivity index (χ1n) is 13.5. The molecule has 202 valence electrons. The molecular weight excluding hydrogens is 490 g/mol. The van der Waals surface area contributed by atoms with Gasteiger partial charge in [-0.05, 0) is 64.8 Å². The third-order valence-corrected chi connectivity index (χ3v) is 10.4. The summed E-state index contributed by atoms with van der Waals surface area (Å²) in [4.78, 5) is 32.9. The van der Waals surface area contributed by atoms with Crippen LogP contribution in [0.3, 0.4) is 0 Å². The van der Waals surface area contributed by atoms with Gasteiger partial charge in [0.1, 0.15) is 5.69 Å². The standard InChI is InChI=1S/C27H39N5O4S/c1-19(2)28-9-11-29(12-10-28)26(33)21-5-8-24-22(17-21)18-25(32(24)20(3)4)27(34)30-13-15-31(16-14-30)37(35,36)23-6-7-23/h5,8,17-20,23H,6-7,9-16H2,1-4H3. The molecule has 2 saturated heterocycles. The fourth-order valence-corrected chi connectivity index (χ4v) is 7.42. The first-order chi connectivity index (χ1) is 17.6. The molecule has 0 radical (unpaired) electrons. The van der Waals surface area contributed by atoms with Crippen molar-refractivity contribution >= 4 is 32.7 Å². The molecule has 5 rings (SSSR count). The monoisotopic (exact) mass is 529 g/mol. The second kappa shape index (κ2) is 10.0. The van der Waals surface area contributed by atoms with Crippen molar-refractivity contribution in [1.29, 1.82) is 0 Å². The van der Waals surface area contributed by atoms with E-state index in [-0.39, 0.29) is 23.1 Å². The van der Waals surface area contributed by atoms with Gasteiger partial charge in [-0.15, -0.1) is 0 Å². The third kappa shape index (κ3) is 5.03. The van der Waals surface area contributed by atoms with Crippen molar-refractivity contribution in [2.24, 2.45) is 0 Å². The average Bonchev–Trinajstić information content (AvgIpc) is 3.68. The molecule has 1 saturated carbocycles. The van der Waals surface area contributed by atoms with E-state index < -0.39 is 10.0 Å². The minimum Gasteiger partial charge on any atom is -0.336 e. The van der Waals surface area contributed by atoms with Crippen LogP contribution in [-0.2, 0) is 10.0 Å². The Labute approximate surface area is 220 Å². The molecule has 10 heteroatoms. The molecule has 0 unspecified atom stereocenters. The molecule has 37 heavy (non-hydrogen) atoms. The molecule has 0 N–H and O–H groups in total. The lowest BCUT2D eigenvalue weighted by Gasteiger charge is -2.37. The maximum absolute atomic E-state index is 13.6. The van der Waals surface area contributed by atoms with Crippen LogP contribution in [-0.4, -0.2) is 107 Å². The molecule has 0 bridgehead atoms. The zero-order chi connectivity index (χ0) is 26.5. The number of nitrogens with zero attached hydrogens (tertiary/aromatic N) is 5. The largest absolute Gasteiger partial charge is 0.336 e. The molecule has 1 aliphatic carbocycles. The number of carbonyl (C=O) groups excluding carboxylic acids is 2. The van der Waals surface area contributed by atoms with Crippen molar-refractivity contribution in [1.82, 2.24) is 23.6 Å². The summed E-state index contributed by atoms with van der Waals surface area (Å²) in [5, 5.41) is 0.646. The van der Waals surface area contributed by atoms with E-state index in [1.54, 1.807) is 9.21 Å². The Morgan fingerprint density at radius 3 is 1.95 bits per heavy atom. The van der Waals surface area contributed by atoms with E-state index in [1.807, 2.05) is 47.6 Å². The number of sulfonamides is 1. The van der Waals surface area contributed by atoms with Gasteiger partial charge in [0.2, 0.25) is 10.0 Å². The van der Waals surface area contributed by atoms with Gasteiger partial charge in [0, 0.05) is 80.9 Å². The summed E-state index contributed by atoms with van der Waals surface area (Å²) in [5.41, 5.74) is 2.15. The van der Waals surface area contributed by atoms with Crippen molar-refractivity contribution in [3.63, 3.8) is 0 Å². The van der Waals surface area contributed by atoms with Gasteiger partial charge in [0.25, 0.3) is 11.8 Å². The summed E-state index contributed by atoms with van der Waals surface area (Å²) in [6, 6.07) is 8.14. The first-order valence-corrected chi connectivity index (χ1v) is 15.0. The van der Waals surface area contributed by atoms with Crippen LogP contribution in [0.4, 0.5) is 0 Å². The molecule has 2 aliphatic heterocycles. The van der Waals surface area contributed by atoms with E-state index in [0.717, 1.165) is 36.8 Å². The molecule has 9 nitrogen and oxygen atoms in total. The molecule has 1 aromatic carbocycles. The number of aromatic nitrogens is 1. The Hall–Kier alpha value is -2.43. The van der Waals surface area contributed by atoms with Crippen LogP contribution in [0.25, 0.3) is 10.9 Å². The number of benzene rings is 1. The second-order valence-corrected chi connectivity index (χ2v) is 13.3. The van der Waals surface area contributed by atoms with Crippen molar-refractivity contribution in [3.8, 4) is 0 Å². The molecule has 3 aliphatic rings. The third-order valence-electron chi connectivity index (χ3n) is 7.98. The number of hydrogen-bond acceptors (Lipinski definition) is 5. The molecule has 3 fully saturated rings. The number of rotatable bonds is 6. The number of amides is 2. The maximum atomic E-state index is 13.6. The highest BCUT2D eigenvalue weighted by molar-refractivity contribution is 7.90. The zero-order valence-electron chi connectivity index (χ0n) is 22.4. The van der Waals surface area contributed by atoms with Crippen LogP contribution in [0.5, 0.6) is 0 Å². The van der Waals surface area contributed by atoms with Gasteiger partial charge in [-0.1, -0.05) is 0 Å². The summed E-state index contributed by atoms with van der Waals surface area (Å²) in [5.74, 6) is -0.0606. The van der Waals surface area contributed by atoms with Gasteiger partial charge < -0.3 is 14.4 Å². The van der Waals surface area contributed by atoms with E-state index in [2.05, 4.69) is 18.7 Å². The summed E-state index contributed by atoms with van der Waals surface area (Å²) in [6.07, 6.45) is 1.49. The molecule has 1 aromatic heterocycles. The Morgan fingerprint density at radius 2 is 1.38 bits per heavy atom. The van der Waals surface area contributed by atoms with Crippen molar-refractivity contribution in [2.75, 3.05) is 52.4 Å². The van der Waals surface area contributed by atoms with Crippen LogP contribution in [0.2, 0.25) is 0 Å². The van der Waals surface area contributed by atoms with Crippen LogP contribution in [0.15, 0.2) is 24.3 Å². The maximum Gasteiger partial charge on any atom is 0.270 e. The van der Waals surface area contributed by atoms with E-state index in [4.69, 9.17) is 0 Å². The van der Waals surface area contributed by atoms with Crippen molar-refractivity contribution in [3.05, 3.63) is 35.5 Å². The van der Waals surface area contributed by atoms with E-state index >= 15 is 0 Å². The highest BCUT2D eigenvalue weighted by Gasteiger charge is 2.41. The summed E-state index contributed by atoms with van der Waals surface area (Å²) in [7, 11) is -3.22. The molecule has 2 amide bonds. The van der Waals surface area contributed by atoms with Gasteiger partial charge in [-0.3, -0.25) is 14.5 Å². The minimum absolute atomic E-state index is 0.0310. The predicted molar refractivity (Wildman–Crippen MR) is 144 cm³/mol. The fraction of sp³-hybridized carbons (Fsp3) is 0.630. The van der Waals surface area contributed by atoms with Crippen LogP contribution < -0.4 is 0 Å². The molecule has 0 atom stereocenters. The highest BCUT2D eigenvalue weighted by atomic mass is 32.2. The second-order valence-electron chi connectivity index (χ2n) is 11.1. The van der Waals surface area contributed by atoms with Crippen molar-refractivity contribution < 1.29 is 18.0 Å². The summed E-state index contributed by atoms with van der Waals surface area (Å²) in [6.45, 7) is 13.1. The lowest BCUT2D eigenvalue weighted by atomic mass is 10.1. The van der Waals surface area contributed by atoms with Gasteiger partial charge >= 0.3 is 0 Å². The quantitative estimate of drug-likeness (QED) is 0.574. The smallest absolute Gasteiger partial charge is 0.270 e. The van der Waals surface area contributed by atoms with Gasteiger partial charge in [-0.2, -0.15) is 4.31 Å². The van der Waals surface area contributed by atoms with Crippen LogP contribution in [0, 0.1) is 0 Å². The molecule has 3 heterocycles. The van der Waals surface area contributed by atoms with Gasteiger partial charge in [0.15, 0.2) is 0 Å².